The lowest BCUT2D eigenvalue weighted by molar-refractivity contribution is 0.304. The van der Waals surface area contributed by atoms with Crippen molar-refractivity contribution in [1.82, 2.24) is 0 Å². The van der Waals surface area contributed by atoms with Crippen molar-refractivity contribution in [2.24, 2.45) is 0 Å². The van der Waals surface area contributed by atoms with E-state index in [4.69, 9.17) is 10.8 Å². The highest BCUT2D eigenvalue weighted by molar-refractivity contribution is 6.99. The summed E-state index contributed by atoms with van der Waals surface area (Å²) in [5.74, 6) is 2.70. The fraction of sp³-hybridized carbons (Fsp3) is 0.333. The summed E-state index contributed by atoms with van der Waals surface area (Å²) >= 11 is 0. The van der Waals surface area contributed by atoms with Gasteiger partial charge in [0.05, 0.1) is 0 Å². The molecule has 0 unspecified atom stereocenters. The van der Waals surface area contributed by atoms with Crippen LogP contribution in [0.1, 0.15) is 40.5 Å². The summed E-state index contributed by atoms with van der Waals surface area (Å²) in [5.41, 5.74) is 1.23. The highest BCUT2D eigenvalue weighted by Gasteiger charge is 2.49. The van der Waals surface area contributed by atoms with Crippen LogP contribution >= 0.6 is 0 Å². The standard InChI is InChI=1S/C24H30OSi/c1-6-14-21(2)15-13-20-25-26(24(3,4)5,22-16-9-7-10-17-22)23-18-11-8-12-19-23/h1,7-12,15-19H,13-14,20H2,2-5H3/b21-15+. The van der Waals surface area contributed by atoms with E-state index in [1.807, 2.05) is 0 Å². The van der Waals surface area contributed by atoms with Crippen molar-refractivity contribution in [3.05, 3.63) is 72.3 Å². The molecule has 2 rings (SSSR count). The molecule has 0 aliphatic rings. The minimum Gasteiger partial charge on any atom is -0.407 e. The van der Waals surface area contributed by atoms with E-state index in [1.54, 1.807) is 0 Å². The van der Waals surface area contributed by atoms with Crippen molar-refractivity contribution in [3.8, 4) is 12.3 Å². The van der Waals surface area contributed by atoms with Crippen molar-refractivity contribution < 1.29 is 4.43 Å². The molecule has 0 spiro atoms. The fourth-order valence-corrected chi connectivity index (χ4v) is 8.09. The third kappa shape index (κ3) is 4.55. The maximum Gasteiger partial charge on any atom is 0.261 e. The van der Waals surface area contributed by atoms with Gasteiger partial charge in [-0.1, -0.05) is 93.1 Å². The van der Waals surface area contributed by atoms with Crippen LogP contribution < -0.4 is 10.4 Å². The topological polar surface area (TPSA) is 9.23 Å². The number of rotatable bonds is 7. The first-order chi connectivity index (χ1) is 12.4. The van der Waals surface area contributed by atoms with E-state index in [0.29, 0.717) is 13.0 Å². The van der Waals surface area contributed by atoms with Gasteiger partial charge in [0.2, 0.25) is 0 Å². The van der Waals surface area contributed by atoms with E-state index in [-0.39, 0.29) is 5.04 Å². The van der Waals surface area contributed by atoms with Gasteiger partial charge in [-0.05, 0) is 28.8 Å². The van der Waals surface area contributed by atoms with Gasteiger partial charge in [0.1, 0.15) is 0 Å². The quantitative estimate of drug-likeness (QED) is 0.294. The Morgan fingerprint density at radius 1 is 1.00 bits per heavy atom. The van der Waals surface area contributed by atoms with E-state index < -0.39 is 8.32 Å². The molecule has 0 bridgehead atoms. The van der Waals surface area contributed by atoms with Crippen molar-refractivity contribution in [1.29, 1.82) is 0 Å². The van der Waals surface area contributed by atoms with Crippen LogP contribution in [0.15, 0.2) is 72.3 Å². The number of hydrogen-bond donors (Lipinski definition) is 0. The third-order valence-corrected chi connectivity index (χ3v) is 9.77. The first-order valence-electron chi connectivity index (χ1n) is 9.26. The SMILES string of the molecule is C#CC/C(C)=C/CCO[Si](c1ccccc1)(c1ccccc1)C(C)(C)C. The summed E-state index contributed by atoms with van der Waals surface area (Å²) in [6.07, 6.45) is 9.20. The molecule has 0 aromatic heterocycles. The summed E-state index contributed by atoms with van der Waals surface area (Å²) in [6.45, 7) is 9.70. The monoisotopic (exact) mass is 362 g/mol. The number of allylic oxidation sites excluding steroid dienone is 1. The van der Waals surface area contributed by atoms with Crippen LogP contribution in [0.25, 0.3) is 0 Å². The van der Waals surface area contributed by atoms with Crippen LogP contribution in [0.4, 0.5) is 0 Å². The summed E-state index contributed by atoms with van der Waals surface area (Å²) < 4.78 is 6.84. The van der Waals surface area contributed by atoms with Gasteiger partial charge in [0.15, 0.2) is 0 Å². The van der Waals surface area contributed by atoms with Crippen LogP contribution in [-0.4, -0.2) is 14.9 Å². The Labute approximate surface area is 160 Å². The van der Waals surface area contributed by atoms with Gasteiger partial charge in [0, 0.05) is 13.0 Å². The molecule has 2 aromatic rings. The average Bonchev–Trinajstić information content (AvgIpc) is 2.62. The number of terminal acetylenes is 1. The molecule has 2 heteroatoms. The average molecular weight is 363 g/mol. The van der Waals surface area contributed by atoms with Gasteiger partial charge < -0.3 is 4.43 Å². The number of hydrogen-bond acceptors (Lipinski definition) is 1. The molecule has 0 aliphatic heterocycles. The van der Waals surface area contributed by atoms with Gasteiger partial charge in [-0.3, -0.25) is 0 Å². The Kier molecular flexibility index (Phi) is 7.03. The molecule has 0 atom stereocenters. The van der Waals surface area contributed by atoms with Gasteiger partial charge in [0.25, 0.3) is 8.32 Å². The van der Waals surface area contributed by atoms with E-state index in [2.05, 4.69) is 100 Å². The summed E-state index contributed by atoms with van der Waals surface area (Å²) in [4.78, 5) is 0. The molecular formula is C24H30OSi. The largest absolute Gasteiger partial charge is 0.407 e. The Morgan fingerprint density at radius 2 is 1.50 bits per heavy atom. The van der Waals surface area contributed by atoms with E-state index in [9.17, 15) is 0 Å². The molecule has 0 saturated carbocycles. The maximum atomic E-state index is 6.84. The molecule has 136 valence electrons. The van der Waals surface area contributed by atoms with E-state index >= 15 is 0 Å². The molecule has 0 heterocycles. The molecule has 0 aliphatic carbocycles. The molecule has 0 amide bonds. The minimum atomic E-state index is -2.41. The van der Waals surface area contributed by atoms with Crippen LogP contribution in [0, 0.1) is 12.3 Å². The smallest absolute Gasteiger partial charge is 0.261 e. The Morgan fingerprint density at radius 3 is 1.92 bits per heavy atom. The Balaban J connectivity index is 2.41. The fourth-order valence-electron chi connectivity index (χ4n) is 3.51. The summed E-state index contributed by atoms with van der Waals surface area (Å²) in [7, 11) is -2.41. The maximum absolute atomic E-state index is 6.84. The van der Waals surface area contributed by atoms with E-state index in [0.717, 1.165) is 6.42 Å². The third-order valence-electron chi connectivity index (χ3n) is 4.73. The predicted octanol–water partition coefficient (Wildman–Crippen LogP) is 4.92. The lowest BCUT2D eigenvalue weighted by Gasteiger charge is -2.43. The summed E-state index contributed by atoms with van der Waals surface area (Å²) in [5, 5.41) is 2.67. The zero-order valence-corrected chi connectivity index (χ0v) is 17.5. The normalized spacial score (nSPS) is 12.7. The molecular weight excluding hydrogens is 332 g/mol. The minimum absolute atomic E-state index is 0.0211. The van der Waals surface area contributed by atoms with Gasteiger partial charge in [-0.15, -0.1) is 12.3 Å². The first kappa shape index (κ1) is 20.2. The first-order valence-corrected chi connectivity index (χ1v) is 11.2. The van der Waals surface area contributed by atoms with Gasteiger partial charge >= 0.3 is 0 Å². The van der Waals surface area contributed by atoms with Gasteiger partial charge in [-0.2, -0.15) is 0 Å². The molecule has 0 radical (unpaired) electrons. The molecule has 0 fully saturated rings. The highest BCUT2D eigenvalue weighted by atomic mass is 28.4. The molecule has 0 N–H and O–H groups in total. The Hall–Kier alpha value is -2.08. The van der Waals surface area contributed by atoms with Crippen molar-refractivity contribution in [3.63, 3.8) is 0 Å². The molecule has 1 nitrogen and oxygen atoms in total. The van der Waals surface area contributed by atoms with E-state index in [1.165, 1.54) is 15.9 Å². The lowest BCUT2D eigenvalue weighted by atomic mass is 10.2. The number of benzene rings is 2. The molecule has 0 saturated heterocycles. The highest BCUT2D eigenvalue weighted by Crippen LogP contribution is 2.36. The van der Waals surface area contributed by atoms with Crippen LogP contribution in [0.3, 0.4) is 0 Å². The second-order valence-corrected chi connectivity index (χ2v) is 12.0. The summed E-state index contributed by atoms with van der Waals surface area (Å²) in [6, 6.07) is 21.5. The van der Waals surface area contributed by atoms with Crippen LogP contribution in [0.5, 0.6) is 0 Å². The second kappa shape index (κ2) is 9.03. The van der Waals surface area contributed by atoms with Crippen molar-refractivity contribution >= 4 is 18.7 Å². The second-order valence-electron chi connectivity index (χ2n) is 7.73. The molecule has 2 aromatic carbocycles. The predicted molar refractivity (Wildman–Crippen MR) is 115 cm³/mol. The zero-order valence-electron chi connectivity index (χ0n) is 16.5. The molecule has 26 heavy (non-hydrogen) atoms. The van der Waals surface area contributed by atoms with Crippen LogP contribution in [0.2, 0.25) is 5.04 Å². The lowest BCUT2D eigenvalue weighted by Crippen LogP contribution is -2.66. The van der Waals surface area contributed by atoms with Crippen molar-refractivity contribution in [2.45, 2.75) is 45.6 Å². The van der Waals surface area contributed by atoms with Crippen molar-refractivity contribution in [2.75, 3.05) is 6.61 Å². The van der Waals surface area contributed by atoms with Crippen LogP contribution in [-0.2, 0) is 4.43 Å². The Bertz CT molecular complexity index is 709. The van der Waals surface area contributed by atoms with Gasteiger partial charge in [-0.25, -0.2) is 0 Å². The zero-order chi connectivity index (χ0) is 19.0.